The van der Waals surface area contributed by atoms with Gasteiger partial charge in [0.15, 0.2) is 5.65 Å². The molecular weight excluding hydrogens is 196 g/mol. The third-order valence-electron chi connectivity index (χ3n) is 1.64. The van der Waals surface area contributed by atoms with Gasteiger partial charge in [-0.1, -0.05) is 13.8 Å². The molecule has 0 bridgehead atoms. The number of imidazole rings is 1. The van der Waals surface area contributed by atoms with Crippen LogP contribution >= 0.6 is 12.6 Å². The van der Waals surface area contributed by atoms with E-state index in [9.17, 15) is 0 Å². The van der Waals surface area contributed by atoms with Gasteiger partial charge in [0, 0.05) is 13.2 Å². The largest absolute Gasteiger partial charge is 0.373 e. The molecule has 4 nitrogen and oxygen atoms in total. The van der Waals surface area contributed by atoms with Crippen LogP contribution < -0.4 is 5.32 Å². The molecule has 0 atom stereocenters. The lowest BCUT2D eigenvalue weighted by Gasteiger charge is -1.99. The van der Waals surface area contributed by atoms with Crippen molar-refractivity contribution in [1.82, 2.24) is 14.4 Å². The average molecular weight is 210 g/mol. The molecule has 2 aromatic rings. The summed E-state index contributed by atoms with van der Waals surface area (Å²) in [5.41, 5.74) is 0.817. The van der Waals surface area contributed by atoms with Gasteiger partial charge in [0.05, 0.1) is 12.4 Å². The summed E-state index contributed by atoms with van der Waals surface area (Å²) in [6.45, 7) is 4.00. The Bertz CT molecular complexity index is 410. The van der Waals surface area contributed by atoms with Crippen LogP contribution in [0.4, 0.5) is 5.82 Å². The predicted octanol–water partition coefficient (Wildman–Crippen LogP) is 2.09. The van der Waals surface area contributed by atoms with Crippen LogP contribution in [0.1, 0.15) is 13.8 Å². The summed E-state index contributed by atoms with van der Waals surface area (Å²) in [4.78, 5) is 8.14. The first-order valence-electron chi connectivity index (χ1n) is 4.51. The topological polar surface area (TPSA) is 42.2 Å². The fraction of sp³-hybridized carbons (Fsp3) is 0.333. The van der Waals surface area contributed by atoms with E-state index in [2.05, 4.69) is 27.9 Å². The summed E-state index contributed by atoms with van der Waals surface area (Å²) >= 11 is 4.13. The molecule has 0 saturated heterocycles. The van der Waals surface area contributed by atoms with Crippen molar-refractivity contribution in [3.63, 3.8) is 0 Å². The Balaban J connectivity index is 0.000000461. The minimum Gasteiger partial charge on any atom is -0.373 e. The smallest absolute Gasteiger partial charge is 0.156 e. The van der Waals surface area contributed by atoms with Gasteiger partial charge in [0.2, 0.25) is 0 Å². The molecule has 0 unspecified atom stereocenters. The first kappa shape index (κ1) is 10.8. The molecule has 0 aliphatic carbocycles. The number of nitrogens with zero attached hydrogens (tertiary/aromatic N) is 3. The van der Waals surface area contributed by atoms with Crippen molar-refractivity contribution in [1.29, 1.82) is 0 Å². The lowest BCUT2D eigenvalue weighted by atomic mass is 10.6. The molecular formula is C9H14N4S. The van der Waals surface area contributed by atoms with Crippen LogP contribution in [0.2, 0.25) is 0 Å². The van der Waals surface area contributed by atoms with Crippen molar-refractivity contribution in [2.75, 3.05) is 12.4 Å². The van der Waals surface area contributed by atoms with E-state index in [1.807, 2.05) is 31.5 Å². The molecule has 0 aliphatic rings. The summed E-state index contributed by atoms with van der Waals surface area (Å²) < 4.78 is 1.90. The molecule has 1 N–H and O–H groups in total. The van der Waals surface area contributed by atoms with E-state index in [1.165, 1.54) is 0 Å². The van der Waals surface area contributed by atoms with Gasteiger partial charge in [-0.2, -0.15) is 0 Å². The second-order valence-electron chi connectivity index (χ2n) is 2.37. The molecule has 2 aromatic heterocycles. The van der Waals surface area contributed by atoms with Crippen molar-refractivity contribution in [2.24, 2.45) is 0 Å². The summed E-state index contributed by atoms with van der Waals surface area (Å²) in [6, 6.07) is 0. The Hall–Kier alpha value is -1.23. The Morgan fingerprint density at radius 1 is 1.29 bits per heavy atom. The lowest BCUT2D eigenvalue weighted by molar-refractivity contribution is 1.02. The van der Waals surface area contributed by atoms with Crippen LogP contribution in [0.15, 0.2) is 23.6 Å². The molecule has 76 valence electrons. The summed E-state index contributed by atoms with van der Waals surface area (Å²) in [5.74, 6) is 0.933. The summed E-state index contributed by atoms with van der Waals surface area (Å²) in [6.07, 6.45) is 5.25. The van der Waals surface area contributed by atoms with Crippen molar-refractivity contribution < 1.29 is 0 Å². The first-order valence-corrected chi connectivity index (χ1v) is 4.96. The highest BCUT2D eigenvalue weighted by atomic mass is 32.1. The van der Waals surface area contributed by atoms with Gasteiger partial charge in [-0.15, -0.1) is 12.6 Å². The molecule has 0 aliphatic heterocycles. The maximum Gasteiger partial charge on any atom is 0.156 e. The Labute approximate surface area is 88.8 Å². The quantitative estimate of drug-likeness (QED) is 0.708. The fourth-order valence-electron chi connectivity index (χ4n) is 1.06. The van der Waals surface area contributed by atoms with Crippen LogP contribution in [0.25, 0.3) is 5.65 Å². The number of rotatable bonds is 1. The maximum atomic E-state index is 4.13. The second kappa shape index (κ2) is 4.85. The lowest BCUT2D eigenvalue weighted by Crippen LogP contribution is -1.94. The van der Waals surface area contributed by atoms with E-state index in [0.717, 1.165) is 11.5 Å². The molecule has 0 radical (unpaired) electrons. The maximum absolute atomic E-state index is 4.13. The van der Waals surface area contributed by atoms with Crippen LogP contribution in [0.5, 0.6) is 0 Å². The van der Waals surface area contributed by atoms with Crippen molar-refractivity contribution in [3.05, 3.63) is 18.6 Å². The van der Waals surface area contributed by atoms with E-state index in [1.54, 1.807) is 12.4 Å². The molecule has 0 spiro atoms. The van der Waals surface area contributed by atoms with Gasteiger partial charge in [0.25, 0.3) is 0 Å². The first-order chi connectivity index (χ1) is 6.81. The molecule has 2 heterocycles. The Morgan fingerprint density at radius 3 is 2.64 bits per heavy atom. The van der Waals surface area contributed by atoms with Crippen molar-refractivity contribution in [2.45, 2.75) is 18.9 Å². The Morgan fingerprint density at radius 2 is 2.00 bits per heavy atom. The number of hydrogen-bond donors (Lipinski definition) is 2. The second-order valence-corrected chi connectivity index (χ2v) is 2.83. The molecule has 5 heteroatoms. The van der Waals surface area contributed by atoms with E-state index < -0.39 is 0 Å². The van der Waals surface area contributed by atoms with Gasteiger partial charge in [0.1, 0.15) is 10.8 Å². The van der Waals surface area contributed by atoms with Gasteiger partial charge in [-0.05, 0) is 0 Å². The van der Waals surface area contributed by atoms with E-state index in [0.29, 0.717) is 5.03 Å². The number of thiol groups is 1. The van der Waals surface area contributed by atoms with E-state index in [-0.39, 0.29) is 0 Å². The van der Waals surface area contributed by atoms with Crippen LogP contribution in [0, 0.1) is 0 Å². The number of anilines is 1. The third-order valence-corrected chi connectivity index (χ3v) is 1.87. The van der Waals surface area contributed by atoms with E-state index >= 15 is 0 Å². The normalized spacial score (nSPS) is 9.43. The number of aromatic nitrogens is 3. The van der Waals surface area contributed by atoms with Gasteiger partial charge in [-0.25, -0.2) is 9.97 Å². The minimum atomic E-state index is 0.678. The number of nitrogens with one attached hydrogen (secondary N) is 1. The molecule has 0 saturated carbocycles. The molecule has 0 fully saturated rings. The van der Waals surface area contributed by atoms with Crippen molar-refractivity contribution in [3.8, 4) is 0 Å². The predicted molar refractivity (Wildman–Crippen MR) is 61.1 cm³/mol. The van der Waals surface area contributed by atoms with Crippen LogP contribution in [0.3, 0.4) is 0 Å². The standard InChI is InChI=1S/C7H8N4S.C2H6/c1-8-5-2-9-6-3-10-7(12)4-11(5)6;1-2/h2-4,8,12H,1H3;1-2H3. The third kappa shape index (κ3) is 1.98. The zero-order valence-electron chi connectivity index (χ0n) is 8.52. The molecule has 0 aromatic carbocycles. The monoisotopic (exact) mass is 210 g/mol. The Kier molecular flexibility index (Phi) is 3.76. The number of fused-ring (bicyclic) bond motifs is 1. The van der Waals surface area contributed by atoms with Gasteiger partial charge >= 0.3 is 0 Å². The number of hydrogen-bond acceptors (Lipinski definition) is 4. The SMILES string of the molecule is CC.CNc1cnc2cnc(S)cn12. The molecule has 2 rings (SSSR count). The van der Waals surface area contributed by atoms with E-state index in [4.69, 9.17) is 0 Å². The highest BCUT2D eigenvalue weighted by Gasteiger charge is 2.00. The van der Waals surface area contributed by atoms with Crippen LogP contribution in [-0.4, -0.2) is 21.4 Å². The summed E-state index contributed by atoms with van der Waals surface area (Å²) in [7, 11) is 1.85. The average Bonchev–Trinajstić information content (AvgIpc) is 2.63. The summed E-state index contributed by atoms with van der Waals surface area (Å²) in [5, 5.41) is 3.69. The zero-order valence-corrected chi connectivity index (χ0v) is 9.42. The van der Waals surface area contributed by atoms with Crippen molar-refractivity contribution >= 4 is 24.1 Å². The fourth-order valence-corrected chi connectivity index (χ4v) is 1.24. The van der Waals surface area contributed by atoms with Gasteiger partial charge < -0.3 is 5.32 Å². The molecule has 14 heavy (non-hydrogen) atoms. The van der Waals surface area contributed by atoms with Crippen LogP contribution in [-0.2, 0) is 0 Å². The zero-order chi connectivity index (χ0) is 10.6. The highest BCUT2D eigenvalue weighted by molar-refractivity contribution is 7.80. The molecule has 0 amide bonds. The van der Waals surface area contributed by atoms with Gasteiger partial charge in [-0.3, -0.25) is 4.40 Å². The highest BCUT2D eigenvalue weighted by Crippen LogP contribution is 2.11. The minimum absolute atomic E-state index is 0.678.